The molecule has 192 valence electrons. The van der Waals surface area contributed by atoms with Crippen LogP contribution in [0, 0.1) is 13.8 Å². The molecule has 0 aliphatic heterocycles. The van der Waals surface area contributed by atoms with Crippen LogP contribution in [0.4, 0.5) is 16.3 Å². The number of carbonyl (C=O) groups is 2. The molecule has 0 atom stereocenters. The van der Waals surface area contributed by atoms with Crippen LogP contribution in [-0.2, 0) is 4.79 Å². The Balaban J connectivity index is 1.48. The first-order valence-corrected chi connectivity index (χ1v) is 11.3. The predicted octanol–water partition coefficient (Wildman–Crippen LogP) is 4.92. The Bertz CT molecular complexity index is 1440. The van der Waals surface area contributed by atoms with Crippen molar-refractivity contribution < 1.29 is 33.4 Å². The van der Waals surface area contributed by atoms with Crippen LogP contribution in [0.3, 0.4) is 0 Å². The summed E-state index contributed by atoms with van der Waals surface area (Å²) in [7, 11) is 1.50. The van der Waals surface area contributed by atoms with Crippen molar-refractivity contribution in [3.63, 3.8) is 0 Å². The van der Waals surface area contributed by atoms with Crippen LogP contribution in [0.1, 0.15) is 24.2 Å². The number of fused-ring (bicyclic) bond motifs is 1. The smallest absolute Gasteiger partial charge is 0.324 e. The Morgan fingerprint density at radius 1 is 1.05 bits per heavy atom. The molecule has 0 fully saturated rings. The molecule has 4 rings (SSSR count). The molecular weight excluding hydrogens is 482 g/mol. The number of aromatic nitrogens is 3. The van der Waals surface area contributed by atoms with E-state index in [4.69, 9.17) is 23.8 Å². The first-order chi connectivity index (χ1) is 17.8. The van der Waals surface area contributed by atoms with Crippen molar-refractivity contribution in [1.82, 2.24) is 15.1 Å². The standard InChI is InChI=1S/C25H25N5O7/c1-14-9-16(6-7-18(14)28-25(33)29-22-10-15(2)37-30-22)36-24-17-11-20(34-3)21(12-19(17)26-13-27-24)35-8-4-5-23(31)32/h6-7,9-13H,4-5,8H2,1-3H3,(H,31,32)(H2,28,29,30,33). The highest BCUT2D eigenvalue weighted by molar-refractivity contribution is 5.99. The number of benzene rings is 2. The third-order valence-electron chi connectivity index (χ3n) is 5.21. The number of methoxy groups -OCH3 is 1. The van der Waals surface area contributed by atoms with Crippen LogP contribution < -0.4 is 24.8 Å². The van der Waals surface area contributed by atoms with E-state index in [1.807, 2.05) is 6.92 Å². The summed E-state index contributed by atoms with van der Waals surface area (Å²) in [6.07, 6.45) is 1.74. The minimum Gasteiger partial charge on any atom is -0.493 e. The number of carboxylic acids is 1. The fraction of sp³-hybridized carbons (Fsp3) is 0.240. The van der Waals surface area contributed by atoms with Crippen molar-refractivity contribution in [3.05, 3.63) is 54.0 Å². The number of anilines is 2. The van der Waals surface area contributed by atoms with Gasteiger partial charge in [0.1, 0.15) is 17.8 Å². The molecule has 0 bridgehead atoms. The summed E-state index contributed by atoms with van der Waals surface area (Å²) >= 11 is 0. The number of aryl methyl sites for hydroxylation is 2. The van der Waals surface area contributed by atoms with Gasteiger partial charge in [-0.2, -0.15) is 0 Å². The first-order valence-electron chi connectivity index (χ1n) is 11.3. The van der Waals surface area contributed by atoms with Crippen LogP contribution in [0.25, 0.3) is 10.9 Å². The number of hydrogen-bond donors (Lipinski definition) is 3. The number of nitrogens with zero attached hydrogens (tertiary/aromatic N) is 3. The summed E-state index contributed by atoms with van der Waals surface area (Å²) in [5.74, 6) is 1.70. The zero-order valence-electron chi connectivity index (χ0n) is 20.4. The topological polar surface area (TPSA) is 158 Å². The van der Waals surface area contributed by atoms with Crippen LogP contribution in [0.2, 0.25) is 0 Å². The van der Waals surface area contributed by atoms with Crippen molar-refractivity contribution in [1.29, 1.82) is 0 Å². The zero-order chi connectivity index (χ0) is 26.4. The van der Waals surface area contributed by atoms with Crippen LogP contribution in [0.5, 0.6) is 23.1 Å². The molecule has 3 N–H and O–H groups in total. The van der Waals surface area contributed by atoms with Gasteiger partial charge < -0.3 is 29.2 Å². The average molecular weight is 508 g/mol. The number of urea groups is 1. The molecular formula is C25H25N5O7. The van der Waals surface area contributed by atoms with Gasteiger partial charge in [-0.05, 0) is 50.1 Å². The van der Waals surface area contributed by atoms with Gasteiger partial charge in [0, 0.05) is 24.2 Å². The second kappa shape index (κ2) is 11.2. The lowest BCUT2D eigenvalue weighted by Crippen LogP contribution is -2.20. The molecule has 12 heteroatoms. The van der Waals surface area contributed by atoms with Gasteiger partial charge in [0.2, 0.25) is 5.88 Å². The molecule has 0 unspecified atom stereocenters. The predicted molar refractivity (Wildman–Crippen MR) is 134 cm³/mol. The quantitative estimate of drug-likeness (QED) is 0.251. The lowest BCUT2D eigenvalue weighted by molar-refractivity contribution is -0.137. The van der Waals surface area contributed by atoms with Gasteiger partial charge in [-0.25, -0.2) is 14.8 Å². The Morgan fingerprint density at radius 2 is 1.89 bits per heavy atom. The Hall–Kier alpha value is -4.87. The molecule has 2 heterocycles. The normalized spacial score (nSPS) is 10.7. The SMILES string of the molecule is COc1cc2c(Oc3ccc(NC(=O)Nc4cc(C)on4)c(C)c3)ncnc2cc1OCCCC(=O)O. The minimum atomic E-state index is -0.882. The number of aliphatic carboxylic acids is 1. The van der Waals surface area contributed by atoms with E-state index in [1.54, 1.807) is 43.3 Å². The number of ether oxygens (including phenoxy) is 3. The number of carbonyl (C=O) groups excluding carboxylic acids is 1. The molecule has 0 radical (unpaired) electrons. The molecule has 0 aliphatic rings. The van der Waals surface area contributed by atoms with Crippen molar-refractivity contribution in [2.75, 3.05) is 24.4 Å². The zero-order valence-corrected chi connectivity index (χ0v) is 20.4. The van der Waals surface area contributed by atoms with Crippen molar-refractivity contribution in [2.24, 2.45) is 0 Å². The van der Waals surface area contributed by atoms with Gasteiger partial charge in [0.05, 0.1) is 24.6 Å². The Labute approximate surface area is 211 Å². The first kappa shape index (κ1) is 25.2. The number of carboxylic acid groups (broad SMARTS) is 1. The monoisotopic (exact) mass is 507 g/mol. The Morgan fingerprint density at radius 3 is 2.59 bits per heavy atom. The summed E-state index contributed by atoms with van der Waals surface area (Å²) in [4.78, 5) is 31.5. The molecule has 0 saturated heterocycles. The van der Waals surface area contributed by atoms with E-state index in [-0.39, 0.29) is 13.0 Å². The van der Waals surface area contributed by atoms with E-state index in [2.05, 4.69) is 25.8 Å². The maximum absolute atomic E-state index is 12.3. The molecule has 2 aromatic heterocycles. The van der Waals surface area contributed by atoms with Gasteiger partial charge in [0.25, 0.3) is 0 Å². The largest absolute Gasteiger partial charge is 0.493 e. The fourth-order valence-electron chi connectivity index (χ4n) is 3.45. The summed E-state index contributed by atoms with van der Waals surface area (Å²) < 4.78 is 22.1. The molecule has 0 spiro atoms. The third kappa shape index (κ3) is 6.42. The van der Waals surface area contributed by atoms with Gasteiger partial charge in [-0.15, -0.1) is 0 Å². The highest BCUT2D eigenvalue weighted by atomic mass is 16.5. The second-order valence-corrected chi connectivity index (χ2v) is 8.03. The van der Waals surface area contributed by atoms with Crippen LogP contribution >= 0.6 is 0 Å². The van der Waals surface area contributed by atoms with Crippen LogP contribution in [0.15, 0.2) is 47.2 Å². The van der Waals surface area contributed by atoms with Gasteiger partial charge in [-0.1, -0.05) is 5.16 Å². The fourth-order valence-corrected chi connectivity index (χ4v) is 3.45. The second-order valence-electron chi connectivity index (χ2n) is 8.03. The van der Waals surface area contributed by atoms with E-state index in [0.717, 1.165) is 5.56 Å². The van der Waals surface area contributed by atoms with Gasteiger partial charge >= 0.3 is 12.0 Å². The highest BCUT2D eigenvalue weighted by Crippen LogP contribution is 2.36. The highest BCUT2D eigenvalue weighted by Gasteiger charge is 2.14. The summed E-state index contributed by atoms with van der Waals surface area (Å²) in [6.45, 7) is 3.78. The van der Waals surface area contributed by atoms with E-state index >= 15 is 0 Å². The van der Waals surface area contributed by atoms with E-state index in [0.29, 0.717) is 57.7 Å². The maximum Gasteiger partial charge on any atom is 0.324 e. The van der Waals surface area contributed by atoms with Crippen molar-refractivity contribution in [3.8, 4) is 23.1 Å². The van der Waals surface area contributed by atoms with Gasteiger partial charge in [0.15, 0.2) is 17.3 Å². The lowest BCUT2D eigenvalue weighted by atomic mass is 10.2. The summed E-state index contributed by atoms with van der Waals surface area (Å²) in [6, 6.07) is 9.73. The lowest BCUT2D eigenvalue weighted by Gasteiger charge is -2.14. The number of nitrogens with one attached hydrogen (secondary N) is 2. The molecule has 0 saturated carbocycles. The molecule has 37 heavy (non-hydrogen) atoms. The molecule has 12 nitrogen and oxygen atoms in total. The number of rotatable bonds is 10. The number of amides is 2. The van der Waals surface area contributed by atoms with E-state index in [1.165, 1.54) is 13.4 Å². The minimum absolute atomic E-state index is 0.00967. The average Bonchev–Trinajstić information content (AvgIpc) is 3.27. The summed E-state index contributed by atoms with van der Waals surface area (Å²) in [5.41, 5.74) is 1.91. The molecule has 4 aromatic rings. The molecule has 2 amide bonds. The molecule has 0 aliphatic carbocycles. The summed E-state index contributed by atoms with van der Waals surface area (Å²) in [5, 5.41) is 18.5. The van der Waals surface area contributed by atoms with Crippen molar-refractivity contribution >= 4 is 34.4 Å². The third-order valence-corrected chi connectivity index (χ3v) is 5.21. The molecule has 2 aromatic carbocycles. The van der Waals surface area contributed by atoms with Gasteiger partial charge in [-0.3, -0.25) is 10.1 Å². The van der Waals surface area contributed by atoms with E-state index < -0.39 is 12.0 Å². The maximum atomic E-state index is 12.3. The Kier molecular flexibility index (Phi) is 7.67. The van der Waals surface area contributed by atoms with Crippen molar-refractivity contribution in [2.45, 2.75) is 26.7 Å². The van der Waals surface area contributed by atoms with E-state index in [9.17, 15) is 9.59 Å². The van der Waals surface area contributed by atoms with Crippen LogP contribution in [-0.4, -0.2) is 45.9 Å². The number of hydrogen-bond acceptors (Lipinski definition) is 9.